The average Bonchev–Trinajstić information content (AvgIpc) is 3.22. The van der Waals surface area contributed by atoms with Crippen molar-refractivity contribution >= 4 is 0 Å². The third kappa shape index (κ3) is 5.92. The van der Waals surface area contributed by atoms with Crippen LogP contribution in [0.2, 0.25) is 0 Å². The lowest BCUT2D eigenvalue weighted by Crippen LogP contribution is -2.45. The summed E-state index contributed by atoms with van der Waals surface area (Å²) in [4.78, 5) is 12.9. The number of aryl methyl sites for hydroxylation is 2. The van der Waals surface area contributed by atoms with E-state index in [0.29, 0.717) is 24.0 Å². The van der Waals surface area contributed by atoms with E-state index in [1.807, 2.05) is 45.2 Å². The van der Waals surface area contributed by atoms with Gasteiger partial charge in [-0.3, -0.25) is 0 Å². The van der Waals surface area contributed by atoms with Gasteiger partial charge in [0.15, 0.2) is 5.82 Å². The number of hydrogen-bond acceptors (Lipinski definition) is 8. The molecular formula is C30H41N5O3. The fourth-order valence-corrected chi connectivity index (χ4v) is 5.71. The SMILES string of the molecule is CNCC(O)COc1cccc(-c2nc(CC3CCN(C4CCC4)CC3)c(C)c(-c3c(C)noc3C)n2)c1. The Morgan fingerprint density at radius 1 is 1.13 bits per heavy atom. The fraction of sp³-hybridized carbons (Fsp3) is 0.567. The fourth-order valence-electron chi connectivity index (χ4n) is 5.71. The molecule has 8 heteroatoms. The molecule has 0 bridgehead atoms. The molecule has 1 unspecified atom stereocenters. The molecule has 1 saturated heterocycles. The number of piperidine rings is 1. The van der Waals surface area contributed by atoms with Crippen LogP contribution in [0.25, 0.3) is 22.6 Å². The van der Waals surface area contributed by atoms with Crippen molar-refractivity contribution in [2.24, 2.45) is 5.92 Å². The van der Waals surface area contributed by atoms with Gasteiger partial charge in [0.2, 0.25) is 0 Å². The first-order chi connectivity index (χ1) is 18.4. The Kier molecular flexibility index (Phi) is 8.41. The molecule has 2 aliphatic rings. The monoisotopic (exact) mass is 519 g/mol. The molecule has 204 valence electrons. The van der Waals surface area contributed by atoms with Gasteiger partial charge < -0.3 is 24.6 Å². The van der Waals surface area contributed by atoms with Crippen molar-refractivity contribution in [2.45, 2.75) is 71.4 Å². The summed E-state index contributed by atoms with van der Waals surface area (Å²) in [5.41, 5.74) is 5.78. The van der Waals surface area contributed by atoms with Crippen LogP contribution in [0.1, 0.15) is 54.8 Å². The molecule has 1 aliphatic heterocycles. The van der Waals surface area contributed by atoms with Crippen molar-refractivity contribution in [2.75, 3.05) is 33.3 Å². The largest absolute Gasteiger partial charge is 0.491 e. The third-order valence-corrected chi connectivity index (χ3v) is 8.21. The first-order valence-corrected chi connectivity index (χ1v) is 14.0. The Morgan fingerprint density at radius 3 is 2.58 bits per heavy atom. The van der Waals surface area contributed by atoms with Gasteiger partial charge in [0, 0.05) is 23.8 Å². The third-order valence-electron chi connectivity index (χ3n) is 8.21. The van der Waals surface area contributed by atoms with Crippen molar-refractivity contribution < 1.29 is 14.4 Å². The summed E-state index contributed by atoms with van der Waals surface area (Å²) in [6.07, 6.45) is 6.94. The van der Waals surface area contributed by atoms with Gasteiger partial charge in [-0.05, 0) is 96.6 Å². The number of hydrogen-bond donors (Lipinski definition) is 2. The van der Waals surface area contributed by atoms with Crippen LogP contribution >= 0.6 is 0 Å². The normalized spacial score (nSPS) is 17.9. The van der Waals surface area contributed by atoms with E-state index in [0.717, 1.165) is 52.0 Å². The van der Waals surface area contributed by atoms with Crippen LogP contribution < -0.4 is 10.1 Å². The first kappa shape index (κ1) is 26.8. The highest BCUT2D eigenvalue weighted by molar-refractivity contribution is 5.71. The zero-order valence-corrected chi connectivity index (χ0v) is 23.2. The highest BCUT2D eigenvalue weighted by atomic mass is 16.5. The molecule has 0 radical (unpaired) electrons. The number of likely N-dealkylation sites (N-methyl/N-ethyl adjacent to an activating group) is 1. The minimum Gasteiger partial charge on any atom is -0.491 e. The zero-order valence-electron chi connectivity index (χ0n) is 23.2. The van der Waals surface area contributed by atoms with Crippen molar-refractivity contribution in [1.82, 2.24) is 25.3 Å². The van der Waals surface area contributed by atoms with Crippen LogP contribution in [0.4, 0.5) is 0 Å². The Balaban J connectivity index is 1.43. The summed E-state index contributed by atoms with van der Waals surface area (Å²) in [5, 5.41) is 17.2. The Bertz CT molecular complexity index is 1210. The molecule has 3 aromatic rings. The van der Waals surface area contributed by atoms with E-state index in [2.05, 4.69) is 22.3 Å². The lowest BCUT2D eigenvalue weighted by Gasteiger charge is -2.41. The summed E-state index contributed by atoms with van der Waals surface area (Å²) in [6, 6.07) is 8.64. The van der Waals surface area contributed by atoms with E-state index in [4.69, 9.17) is 19.2 Å². The summed E-state index contributed by atoms with van der Waals surface area (Å²) < 4.78 is 11.4. The van der Waals surface area contributed by atoms with Gasteiger partial charge in [-0.25, -0.2) is 9.97 Å². The number of likely N-dealkylation sites (tertiary alicyclic amines) is 1. The van der Waals surface area contributed by atoms with E-state index >= 15 is 0 Å². The van der Waals surface area contributed by atoms with Gasteiger partial charge in [0.05, 0.1) is 17.0 Å². The number of aliphatic hydroxyl groups is 1. The van der Waals surface area contributed by atoms with Crippen LogP contribution in [0, 0.1) is 26.7 Å². The summed E-state index contributed by atoms with van der Waals surface area (Å²) in [7, 11) is 1.81. The standard InChI is InChI=1S/C30H41N5O3/c1-19-27(15-22-11-13-35(14-12-22)24-8-6-9-24)32-30(33-29(19)28-20(2)34-38-21(28)3)23-7-5-10-26(16-23)37-18-25(36)17-31-4/h5,7,10,16,22,24-25,31,36H,6,8-9,11-15,17-18H2,1-4H3. The van der Waals surface area contributed by atoms with Crippen molar-refractivity contribution in [3.63, 3.8) is 0 Å². The van der Waals surface area contributed by atoms with Gasteiger partial charge in [-0.15, -0.1) is 0 Å². The van der Waals surface area contributed by atoms with Crippen LogP contribution in [-0.4, -0.2) is 70.6 Å². The number of aliphatic hydroxyl groups excluding tert-OH is 1. The number of rotatable bonds is 10. The smallest absolute Gasteiger partial charge is 0.160 e. The average molecular weight is 520 g/mol. The second-order valence-corrected chi connectivity index (χ2v) is 11.0. The molecule has 1 saturated carbocycles. The number of nitrogens with one attached hydrogen (secondary N) is 1. The lowest BCUT2D eigenvalue weighted by molar-refractivity contribution is 0.0844. The molecule has 2 N–H and O–H groups in total. The molecule has 5 rings (SSSR count). The molecule has 1 aliphatic carbocycles. The number of ether oxygens (including phenoxy) is 1. The van der Waals surface area contributed by atoms with Gasteiger partial charge in [-0.2, -0.15) is 0 Å². The zero-order chi connectivity index (χ0) is 26.6. The molecular weight excluding hydrogens is 478 g/mol. The van der Waals surface area contributed by atoms with E-state index in [1.165, 1.54) is 45.2 Å². The minimum atomic E-state index is -0.576. The van der Waals surface area contributed by atoms with Crippen molar-refractivity contribution in [3.05, 3.63) is 47.0 Å². The van der Waals surface area contributed by atoms with Crippen LogP contribution in [0.15, 0.2) is 28.8 Å². The maximum atomic E-state index is 10.0. The Morgan fingerprint density at radius 2 is 1.92 bits per heavy atom. The molecule has 2 aromatic heterocycles. The van der Waals surface area contributed by atoms with Crippen LogP contribution in [0.3, 0.4) is 0 Å². The van der Waals surface area contributed by atoms with Crippen molar-refractivity contribution in [1.29, 1.82) is 0 Å². The molecule has 0 amide bonds. The first-order valence-electron chi connectivity index (χ1n) is 14.0. The molecule has 8 nitrogen and oxygen atoms in total. The van der Waals surface area contributed by atoms with E-state index in [9.17, 15) is 5.11 Å². The van der Waals surface area contributed by atoms with E-state index in [-0.39, 0.29) is 6.61 Å². The van der Waals surface area contributed by atoms with Gasteiger partial charge >= 0.3 is 0 Å². The molecule has 2 fully saturated rings. The molecule has 0 spiro atoms. The summed E-state index contributed by atoms with van der Waals surface area (Å²) >= 11 is 0. The molecule has 1 atom stereocenters. The maximum absolute atomic E-state index is 10.0. The maximum Gasteiger partial charge on any atom is 0.160 e. The Labute approximate surface area is 225 Å². The second-order valence-electron chi connectivity index (χ2n) is 11.0. The highest BCUT2D eigenvalue weighted by Crippen LogP contribution is 2.35. The van der Waals surface area contributed by atoms with E-state index in [1.54, 1.807) is 0 Å². The van der Waals surface area contributed by atoms with Gasteiger partial charge in [-0.1, -0.05) is 23.7 Å². The van der Waals surface area contributed by atoms with Crippen LogP contribution in [-0.2, 0) is 6.42 Å². The predicted molar refractivity (Wildman–Crippen MR) is 148 cm³/mol. The van der Waals surface area contributed by atoms with E-state index < -0.39 is 6.10 Å². The summed E-state index contributed by atoms with van der Waals surface area (Å²) in [6.45, 7) is 9.13. The minimum absolute atomic E-state index is 0.216. The molecule has 3 heterocycles. The van der Waals surface area contributed by atoms with Crippen molar-refractivity contribution in [3.8, 4) is 28.4 Å². The topological polar surface area (TPSA) is 96.5 Å². The highest BCUT2D eigenvalue weighted by Gasteiger charge is 2.30. The number of aromatic nitrogens is 3. The summed E-state index contributed by atoms with van der Waals surface area (Å²) in [5.74, 6) is 2.75. The van der Waals surface area contributed by atoms with Gasteiger partial charge in [0.25, 0.3) is 0 Å². The van der Waals surface area contributed by atoms with Gasteiger partial charge in [0.1, 0.15) is 24.2 Å². The quantitative estimate of drug-likeness (QED) is 0.405. The molecule has 1 aromatic carbocycles. The number of benzene rings is 1. The van der Waals surface area contributed by atoms with Crippen LogP contribution in [0.5, 0.6) is 5.75 Å². The predicted octanol–water partition coefficient (Wildman–Crippen LogP) is 4.49. The Hall–Kier alpha value is -2.81. The molecule has 38 heavy (non-hydrogen) atoms. The number of nitrogens with zero attached hydrogens (tertiary/aromatic N) is 4. The lowest BCUT2D eigenvalue weighted by atomic mass is 9.86. The second kappa shape index (κ2) is 11.9.